The number of benzene rings is 1. The van der Waals surface area contributed by atoms with Crippen LogP contribution in [0.3, 0.4) is 0 Å². The van der Waals surface area contributed by atoms with Crippen molar-refractivity contribution in [3.8, 4) is 0 Å². The van der Waals surface area contributed by atoms with Crippen LogP contribution < -0.4 is 5.32 Å². The Morgan fingerprint density at radius 2 is 2.00 bits per heavy atom. The van der Waals surface area contributed by atoms with Crippen LogP contribution in [0.15, 0.2) is 27.6 Å². The first kappa shape index (κ1) is 16.9. The van der Waals surface area contributed by atoms with Gasteiger partial charge in [-0.15, -0.1) is 0 Å². The number of hydrogen-bond acceptors (Lipinski definition) is 3. The molecular formula is C15H23BrN2O2S. The lowest BCUT2D eigenvalue weighted by Crippen LogP contribution is -2.38. The van der Waals surface area contributed by atoms with Gasteiger partial charge in [-0.05, 0) is 58.9 Å². The van der Waals surface area contributed by atoms with Crippen molar-refractivity contribution in [3.63, 3.8) is 0 Å². The summed E-state index contributed by atoms with van der Waals surface area (Å²) in [5.41, 5.74) is 1.08. The Kier molecular flexibility index (Phi) is 5.82. The molecule has 0 amide bonds. The first-order valence-corrected chi connectivity index (χ1v) is 9.67. The lowest BCUT2D eigenvalue weighted by molar-refractivity contribution is 0.288. The number of rotatable bonds is 5. The summed E-state index contributed by atoms with van der Waals surface area (Å²) in [5.74, 6) is 0.613. The second-order valence-corrected chi connectivity index (χ2v) is 8.39. The average Bonchev–Trinajstić information content (AvgIpc) is 2.45. The fourth-order valence-corrected chi connectivity index (χ4v) is 5.05. The van der Waals surface area contributed by atoms with Crippen molar-refractivity contribution in [2.24, 2.45) is 5.92 Å². The minimum atomic E-state index is -3.39. The van der Waals surface area contributed by atoms with Crippen LogP contribution in [0.25, 0.3) is 0 Å². The van der Waals surface area contributed by atoms with Crippen LogP contribution in [-0.4, -0.2) is 32.4 Å². The van der Waals surface area contributed by atoms with Gasteiger partial charge in [0.2, 0.25) is 10.0 Å². The fraction of sp³-hybridized carbons (Fsp3) is 0.600. The molecule has 0 saturated carbocycles. The number of sulfonamides is 1. The molecule has 1 aromatic carbocycles. The van der Waals surface area contributed by atoms with Crippen molar-refractivity contribution in [2.45, 2.75) is 38.1 Å². The maximum absolute atomic E-state index is 12.7. The van der Waals surface area contributed by atoms with Gasteiger partial charge in [0.15, 0.2) is 0 Å². The molecule has 118 valence electrons. The van der Waals surface area contributed by atoms with Crippen molar-refractivity contribution in [1.29, 1.82) is 0 Å². The Bertz CT molecular complexity index is 581. The number of nitrogens with one attached hydrogen (secondary N) is 1. The molecule has 2 rings (SSSR count). The van der Waals surface area contributed by atoms with Crippen LogP contribution in [0.4, 0.5) is 0 Å². The molecule has 1 fully saturated rings. The highest BCUT2D eigenvalue weighted by Gasteiger charge is 2.29. The number of nitrogens with zero attached hydrogens (tertiary/aromatic N) is 1. The molecule has 21 heavy (non-hydrogen) atoms. The van der Waals surface area contributed by atoms with Gasteiger partial charge < -0.3 is 5.32 Å². The Hall–Kier alpha value is -0.430. The SMILES string of the molecule is CCNCc1ccc(S(=O)(=O)N2CCC(C)CC2)c(Br)c1. The standard InChI is InChI=1S/C15H23BrN2O2S/c1-3-17-11-13-4-5-15(14(16)10-13)21(19,20)18-8-6-12(2)7-9-18/h4-5,10,12,17H,3,6-9,11H2,1-2H3. The molecule has 1 aromatic rings. The first-order chi connectivity index (χ1) is 9.95. The van der Waals surface area contributed by atoms with E-state index in [-0.39, 0.29) is 0 Å². The van der Waals surface area contributed by atoms with Gasteiger partial charge in [0.25, 0.3) is 0 Å². The molecule has 1 saturated heterocycles. The Balaban J connectivity index is 2.20. The summed E-state index contributed by atoms with van der Waals surface area (Å²) in [7, 11) is -3.39. The van der Waals surface area contributed by atoms with Crippen molar-refractivity contribution >= 4 is 26.0 Å². The molecule has 6 heteroatoms. The van der Waals surface area contributed by atoms with Crippen molar-refractivity contribution in [2.75, 3.05) is 19.6 Å². The van der Waals surface area contributed by atoms with E-state index in [0.717, 1.165) is 31.5 Å². The lowest BCUT2D eigenvalue weighted by Gasteiger charge is -2.29. The maximum Gasteiger partial charge on any atom is 0.244 e. The zero-order valence-electron chi connectivity index (χ0n) is 12.6. The van der Waals surface area contributed by atoms with Gasteiger partial charge in [-0.3, -0.25) is 0 Å². The molecule has 1 aliphatic rings. The number of piperidine rings is 1. The van der Waals surface area contributed by atoms with E-state index in [1.807, 2.05) is 19.1 Å². The molecule has 1 N–H and O–H groups in total. The minimum Gasteiger partial charge on any atom is -0.313 e. The molecule has 0 radical (unpaired) electrons. The van der Waals surface area contributed by atoms with Gasteiger partial charge in [-0.1, -0.05) is 19.9 Å². The van der Waals surface area contributed by atoms with Gasteiger partial charge >= 0.3 is 0 Å². The predicted molar refractivity (Wildman–Crippen MR) is 88.7 cm³/mol. The molecule has 1 aliphatic heterocycles. The molecule has 0 spiro atoms. The summed E-state index contributed by atoms with van der Waals surface area (Å²) in [4.78, 5) is 0.373. The van der Waals surface area contributed by atoms with Gasteiger partial charge in [0.05, 0.1) is 4.90 Å². The van der Waals surface area contributed by atoms with Gasteiger partial charge in [0, 0.05) is 24.1 Å². The third-order valence-electron chi connectivity index (χ3n) is 3.94. The number of hydrogen-bond donors (Lipinski definition) is 1. The van der Waals surface area contributed by atoms with Crippen molar-refractivity contribution in [3.05, 3.63) is 28.2 Å². The van der Waals surface area contributed by atoms with E-state index in [0.29, 0.717) is 28.4 Å². The van der Waals surface area contributed by atoms with Gasteiger partial charge in [-0.2, -0.15) is 4.31 Å². The summed E-state index contributed by atoms with van der Waals surface area (Å²) < 4.78 is 27.7. The summed E-state index contributed by atoms with van der Waals surface area (Å²) in [6.07, 6.45) is 1.88. The van der Waals surface area contributed by atoms with E-state index >= 15 is 0 Å². The molecule has 0 aromatic heterocycles. The van der Waals surface area contributed by atoms with Crippen LogP contribution in [0.1, 0.15) is 32.3 Å². The van der Waals surface area contributed by atoms with Gasteiger partial charge in [-0.25, -0.2) is 8.42 Å². The Labute approximate surface area is 136 Å². The summed E-state index contributed by atoms with van der Waals surface area (Å²) in [5, 5.41) is 3.24. The monoisotopic (exact) mass is 374 g/mol. The third kappa shape index (κ3) is 4.06. The van der Waals surface area contributed by atoms with E-state index in [1.54, 1.807) is 10.4 Å². The highest BCUT2D eigenvalue weighted by atomic mass is 79.9. The van der Waals surface area contributed by atoms with Crippen LogP contribution in [-0.2, 0) is 16.6 Å². The van der Waals surface area contributed by atoms with E-state index < -0.39 is 10.0 Å². The third-order valence-corrected chi connectivity index (χ3v) is 6.81. The topological polar surface area (TPSA) is 49.4 Å². The van der Waals surface area contributed by atoms with Crippen molar-refractivity contribution < 1.29 is 8.42 Å². The molecule has 4 nitrogen and oxygen atoms in total. The Morgan fingerprint density at radius 3 is 2.57 bits per heavy atom. The summed E-state index contributed by atoms with van der Waals surface area (Å²) in [6.45, 7) is 7.10. The highest BCUT2D eigenvalue weighted by Crippen LogP contribution is 2.29. The van der Waals surface area contributed by atoms with E-state index in [1.165, 1.54) is 0 Å². The van der Waals surface area contributed by atoms with E-state index in [2.05, 4.69) is 28.2 Å². The van der Waals surface area contributed by atoms with Crippen LogP contribution in [0, 0.1) is 5.92 Å². The lowest BCUT2D eigenvalue weighted by atomic mass is 10.0. The maximum atomic E-state index is 12.7. The van der Waals surface area contributed by atoms with Gasteiger partial charge in [0.1, 0.15) is 0 Å². The molecule has 1 heterocycles. The molecule has 0 unspecified atom stereocenters. The smallest absolute Gasteiger partial charge is 0.244 e. The Morgan fingerprint density at radius 1 is 1.33 bits per heavy atom. The van der Waals surface area contributed by atoms with E-state index in [4.69, 9.17) is 0 Å². The van der Waals surface area contributed by atoms with Crippen LogP contribution in [0.2, 0.25) is 0 Å². The van der Waals surface area contributed by atoms with Crippen molar-refractivity contribution in [1.82, 2.24) is 9.62 Å². The molecular weight excluding hydrogens is 352 g/mol. The quantitative estimate of drug-likeness (QED) is 0.861. The zero-order chi connectivity index (χ0) is 15.5. The number of halogens is 1. The molecule has 0 bridgehead atoms. The van der Waals surface area contributed by atoms with Crippen LogP contribution in [0.5, 0.6) is 0 Å². The fourth-order valence-electron chi connectivity index (χ4n) is 2.50. The molecule has 0 atom stereocenters. The second-order valence-electron chi connectivity index (χ2n) is 5.63. The minimum absolute atomic E-state index is 0.373. The average molecular weight is 375 g/mol. The van der Waals surface area contributed by atoms with Crippen LogP contribution >= 0.6 is 15.9 Å². The molecule has 0 aliphatic carbocycles. The van der Waals surface area contributed by atoms with E-state index in [9.17, 15) is 8.42 Å². The zero-order valence-corrected chi connectivity index (χ0v) is 15.0. The highest BCUT2D eigenvalue weighted by molar-refractivity contribution is 9.10. The second kappa shape index (κ2) is 7.22. The largest absolute Gasteiger partial charge is 0.313 e. The summed E-state index contributed by atoms with van der Waals surface area (Å²) in [6, 6.07) is 5.49. The summed E-state index contributed by atoms with van der Waals surface area (Å²) >= 11 is 3.42. The predicted octanol–water partition coefficient (Wildman–Crippen LogP) is 2.98. The first-order valence-electron chi connectivity index (χ1n) is 7.44. The normalized spacial score (nSPS) is 18.0.